The molecule has 108 valence electrons. The Hall–Kier alpha value is -1.87. The van der Waals surface area contributed by atoms with Crippen molar-refractivity contribution >= 4 is 5.91 Å². The third-order valence-corrected chi connectivity index (χ3v) is 3.88. The first-order chi connectivity index (χ1) is 9.67. The van der Waals surface area contributed by atoms with E-state index in [4.69, 9.17) is 5.26 Å². The van der Waals surface area contributed by atoms with Crippen LogP contribution in [0.3, 0.4) is 0 Å². The average Bonchev–Trinajstić information content (AvgIpc) is 3.02. The highest BCUT2D eigenvalue weighted by molar-refractivity contribution is 5.80. The minimum absolute atomic E-state index is 0.0317. The lowest BCUT2D eigenvalue weighted by Crippen LogP contribution is -2.52. The highest BCUT2D eigenvalue weighted by atomic mass is 16.2. The molecule has 6 nitrogen and oxygen atoms in total. The minimum atomic E-state index is -0.269. The minimum Gasteiger partial charge on any atom is -0.338 e. The first-order valence-corrected chi connectivity index (χ1v) is 7.09. The molecule has 1 saturated heterocycles. The summed E-state index contributed by atoms with van der Waals surface area (Å²) in [6.45, 7) is 6.79. The van der Waals surface area contributed by atoms with Gasteiger partial charge in [0.2, 0.25) is 5.91 Å². The molecule has 0 radical (unpaired) electrons. The van der Waals surface area contributed by atoms with Gasteiger partial charge in [0.1, 0.15) is 6.04 Å². The zero-order valence-electron chi connectivity index (χ0n) is 12.1. The molecule has 1 amide bonds. The number of nitrogens with zero attached hydrogens (tertiary/aromatic N) is 5. The molecule has 0 saturated carbocycles. The van der Waals surface area contributed by atoms with Gasteiger partial charge in [-0.15, -0.1) is 0 Å². The van der Waals surface area contributed by atoms with Gasteiger partial charge in [-0.3, -0.25) is 14.4 Å². The molecule has 0 bridgehead atoms. The van der Waals surface area contributed by atoms with Crippen LogP contribution in [-0.4, -0.2) is 57.7 Å². The predicted octanol–water partition coefficient (Wildman–Crippen LogP) is 0.890. The van der Waals surface area contributed by atoms with Gasteiger partial charge in [-0.1, -0.05) is 6.92 Å². The van der Waals surface area contributed by atoms with Crippen LogP contribution in [0, 0.1) is 11.3 Å². The van der Waals surface area contributed by atoms with Crippen molar-refractivity contribution in [2.24, 2.45) is 0 Å². The van der Waals surface area contributed by atoms with Gasteiger partial charge in [0.15, 0.2) is 0 Å². The highest BCUT2D eigenvalue weighted by Gasteiger charge is 2.28. The van der Waals surface area contributed by atoms with Crippen molar-refractivity contribution in [2.45, 2.75) is 32.4 Å². The van der Waals surface area contributed by atoms with Crippen LogP contribution in [0.2, 0.25) is 0 Å². The van der Waals surface area contributed by atoms with Gasteiger partial charge < -0.3 is 4.90 Å². The molecule has 2 atom stereocenters. The lowest BCUT2D eigenvalue weighted by Gasteiger charge is -2.37. The van der Waals surface area contributed by atoms with E-state index in [1.165, 1.54) is 0 Å². The number of rotatable bonds is 4. The summed E-state index contributed by atoms with van der Waals surface area (Å²) in [6, 6.07) is 3.84. The predicted molar refractivity (Wildman–Crippen MR) is 74.8 cm³/mol. The van der Waals surface area contributed by atoms with Crippen LogP contribution in [-0.2, 0) is 4.79 Å². The van der Waals surface area contributed by atoms with E-state index in [-0.39, 0.29) is 18.0 Å². The lowest BCUT2D eigenvalue weighted by atomic mass is 10.1. The second kappa shape index (κ2) is 6.53. The average molecular weight is 275 g/mol. The fraction of sp³-hybridized carbons (Fsp3) is 0.643. The summed E-state index contributed by atoms with van der Waals surface area (Å²) in [5.74, 6) is 0.0957. The lowest BCUT2D eigenvalue weighted by molar-refractivity contribution is -0.136. The van der Waals surface area contributed by atoms with Crippen LogP contribution in [0.1, 0.15) is 26.3 Å². The molecule has 0 aliphatic carbocycles. The van der Waals surface area contributed by atoms with Crippen LogP contribution in [0.4, 0.5) is 0 Å². The monoisotopic (exact) mass is 275 g/mol. The first-order valence-electron chi connectivity index (χ1n) is 7.09. The Bertz CT molecular complexity index is 470. The Morgan fingerprint density at radius 1 is 1.40 bits per heavy atom. The fourth-order valence-electron chi connectivity index (χ4n) is 2.57. The Morgan fingerprint density at radius 3 is 2.60 bits per heavy atom. The summed E-state index contributed by atoms with van der Waals surface area (Å²) in [5.41, 5.74) is 0. The molecule has 2 heterocycles. The van der Waals surface area contributed by atoms with Gasteiger partial charge >= 0.3 is 0 Å². The third kappa shape index (κ3) is 2.99. The van der Waals surface area contributed by atoms with Gasteiger partial charge in [0.05, 0.1) is 12.1 Å². The molecular weight excluding hydrogens is 254 g/mol. The van der Waals surface area contributed by atoms with Gasteiger partial charge in [0.25, 0.3) is 0 Å². The molecule has 1 aromatic heterocycles. The van der Waals surface area contributed by atoms with E-state index in [9.17, 15) is 4.79 Å². The largest absolute Gasteiger partial charge is 0.338 e. The van der Waals surface area contributed by atoms with Crippen LogP contribution in [0.25, 0.3) is 0 Å². The number of nitriles is 1. The normalized spacial score (nSPS) is 19.4. The number of carbonyl (C=O) groups is 1. The SMILES string of the molecule is CCC(C#N)N1CCN(C(=O)C(C)n2cccn2)CC1. The standard InChI is InChI=1S/C14H21N5O/c1-3-13(11-15)17-7-9-18(10-8-17)14(20)12(2)19-6-4-5-16-19/h4-6,12-13H,3,7-10H2,1-2H3. The van der Waals surface area contributed by atoms with Crippen LogP contribution >= 0.6 is 0 Å². The maximum absolute atomic E-state index is 12.4. The van der Waals surface area contributed by atoms with Crippen molar-refractivity contribution in [3.8, 4) is 6.07 Å². The Balaban J connectivity index is 1.91. The topological polar surface area (TPSA) is 65.2 Å². The molecule has 0 N–H and O–H groups in total. The summed E-state index contributed by atoms with van der Waals surface area (Å²) in [7, 11) is 0. The maximum atomic E-state index is 12.4. The summed E-state index contributed by atoms with van der Waals surface area (Å²) >= 11 is 0. The van der Waals surface area contributed by atoms with Crippen molar-refractivity contribution in [1.29, 1.82) is 5.26 Å². The summed E-state index contributed by atoms with van der Waals surface area (Å²) in [4.78, 5) is 16.4. The molecule has 0 spiro atoms. The molecule has 1 aliphatic rings. The van der Waals surface area contributed by atoms with Gasteiger partial charge in [-0.2, -0.15) is 10.4 Å². The van der Waals surface area contributed by atoms with E-state index in [0.29, 0.717) is 13.1 Å². The molecule has 2 rings (SSSR count). The fourth-order valence-corrected chi connectivity index (χ4v) is 2.57. The Morgan fingerprint density at radius 2 is 2.10 bits per heavy atom. The molecule has 0 aromatic carbocycles. The second-order valence-electron chi connectivity index (χ2n) is 5.08. The molecule has 2 unspecified atom stereocenters. The number of hydrogen-bond donors (Lipinski definition) is 0. The van der Waals surface area contributed by atoms with Gasteiger partial charge in [-0.25, -0.2) is 0 Å². The van der Waals surface area contributed by atoms with Crippen molar-refractivity contribution < 1.29 is 4.79 Å². The van der Waals surface area contributed by atoms with Crippen molar-refractivity contribution in [3.05, 3.63) is 18.5 Å². The molecule has 20 heavy (non-hydrogen) atoms. The number of carbonyl (C=O) groups excluding carboxylic acids is 1. The van der Waals surface area contributed by atoms with E-state index >= 15 is 0 Å². The second-order valence-corrected chi connectivity index (χ2v) is 5.08. The van der Waals surface area contributed by atoms with E-state index in [1.807, 2.05) is 31.0 Å². The molecule has 1 aromatic rings. The first kappa shape index (κ1) is 14.5. The number of piperazine rings is 1. The Kier molecular flexibility index (Phi) is 4.74. The summed E-state index contributed by atoms with van der Waals surface area (Å²) < 4.78 is 1.68. The van der Waals surface area contributed by atoms with Crippen LogP contribution in [0.5, 0.6) is 0 Å². The molecule has 6 heteroatoms. The quantitative estimate of drug-likeness (QED) is 0.818. The van der Waals surface area contributed by atoms with Crippen molar-refractivity contribution in [1.82, 2.24) is 19.6 Å². The van der Waals surface area contributed by atoms with E-state index in [2.05, 4.69) is 16.1 Å². The van der Waals surface area contributed by atoms with Crippen LogP contribution < -0.4 is 0 Å². The molecular formula is C14H21N5O. The summed E-state index contributed by atoms with van der Waals surface area (Å²) in [5, 5.41) is 13.2. The van der Waals surface area contributed by atoms with E-state index < -0.39 is 0 Å². The van der Waals surface area contributed by atoms with E-state index in [1.54, 1.807) is 10.9 Å². The van der Waals surface area contributed by atoms with Crippen LogP contribution in [0.15, 0.2) is 18.5 Å². The molecule has 1 fully saturated rings. The smallest absolute Gasteiger partial charge is 0.247 e. The maximum Gasteiger partial charge on any atom is 0.247 e. The number of hydrogen-bond acceptors (Lipinski definition) is 4. The number of amides is 1. The van der Waals surface area contributed by atoms with Crippen molar-refractivity contribution in [2.75, 3.05) is 26.2 Å². The zero-order valence-corrected chi connectivity index (χ0v) is 12.1. The summed E-state index contributed by atoms with van der Waals surface area (Å²) in [6.07, 6.45) is 4.32. The van der Waals surface area contributed by atoms with E-state index in [0.717, 1.165) is 19.5 Å². The highest BCUT2D eigenvalue weighted by Crippen LogP contribution is 2.13. The van der Waals surface area contributed by atoms with Gasteiger partial charge in [0, 0.05) is 38.6 Å². The van der Waals surface area contributed by atoms with Gasteiger partial charge in [-0.05, 0) is 19.4 Å². The third-order valence-electron chi connectivity index (χ3n) is 3.88. The Labute approximate surface area is 119 Å². The number of aromatic nitrogens is 2. The molecule has 1 aliphatic heterocycles. The van der Waals surface area contributed by atoms with Crippen molar-refractivity contribution in [3.63, 3.8) is 0 Å². The zero-order chi connectivity index (χ0) is 14.5.